The monoisotopic (exact) mass is 344 g/mol. The van der Waals surface area contributed by atoms with Gasteiger partial charge in [0.1, 0.15) is 0 Å². The summed E-state index contributed by atoms with van der Waals surface area (Å²) in [6.45, 7) is 8.37. The molecule has 24 heavy (non-hydrogen) atoms. The van der Waals surface area contributed by atoms with Crippen molar-refractivity contribution in [2.24, 2.45) is 0 Å². The molecule has 1 aromatic heterocycles. The van der Waals surface area contributed by atoms with Crippen LogP contribution in [-0.4, -0.2) is 35.7 Å². The van der Waals surface area contributed by atoms with Crippen molar-refractivity contribution in [1.82, 2.24) is 9.97 Å². The van der Waals surface area contributed by atoms with Gasteiger partial charge in [0.05, 0.1) is 5.69 Å². The maximum absolute atomic E-state index is 11.6. The quantitative estimate of drug-likeness (QED) is 0.769. The van der Waals surface area contributed by atoms with Crippen molar-refractivity contribution in [1.29, 1.82) is 0 Å². The Morgan fingerprint density at radius 1 is 1.17 bits per heavy atom. The van der Waals surface area contributed by atoms with Crippen LogP contribution in [0.3, 0.4) is 0 Å². The first-order valence-electron chi connectivity index (χ1n) is 7.89. The molecule has 0 fully saturated rings. The highest BCUT2D eigenvalue weighted by molar-refractivity contribution is 7.98. The van der Waals surface area contributed by atoms with Crippen molar-refractivity contribution in [3.05, 3.63) is 35.7 Å². The molecular weight excluding hydrogens is 320 g/mol. The average molecular weight is 344 g/mol. The first-order valence-corrected chi connectivity index (χ1v) is 9.12. The first-order chi connectivity index (χ1) is 11.4. The van der Waals surface area contributed by atoms with Gasteiger partial charge in [-0.2, -0.15) is 0 Å². The zero-order valence-electron chi connectivity index (χ0n) is 15.1. The van der Waals surface area contributed by atoms with Gasteiger partial charge in [0.25, 0.3) is 0 Å². The fourth-order valence-electron chi connectivity index (χ4n) is 2.53. The Balaban J connectivity index is 2.50. The lowest BCUT2D eigenvalue weighted by Gasteiger charge is -2.25. The Bertz CT molecular complexity index is 728. The SMILES string of the molecule is CCN(c1nc(C)cc(C)n1)c1ccc(N(C)C(C)=O)cc1SC. The van der Waals surface area contributed by atoms with E-state index >= 15 is 0 Å². The molecule has 0 saturated carbocycles. The smallest absolute Gasteiger partial charge is 0.230 e. The molecule has 0 N–H and O–H groups in total. The molecule has 1 heterocycles. The van der Waals surface area contributed by atoms with Crippen LogP contribution < -0.4 is 9.80 Å². The number of hydrogen-bond donors (Lipinski definition) is 0. The van der Waals surface area contributed by atoms with Gasteiger partial charge < -0.3 is 9.80 Å². The van der Waals surface area contributed by atoms with Gasteiger partial charge in [0.2, 0.25) is 11.9 Å². The van der Waals surface area contributed by atoms with Gasteiger partial charge in [-0.25, -0.2) is 9.97 Å². The van der Waals surface area contributed by atoms with Gasteiger partial charge in [-0.05, 0) is 51.3 Å². The predicted octanol–water partition coefficient (Wildman–Crippen LogP) is 3.96. The van der Waals surface area contributed by atoms with Crippen molar-refractivity contribution < 1.29 is 4.79 Å². The van der Waals surface area contributed by atoms with Crippen LogP contribution in [-0.2, 0) is 4.79 Å². The highest BCUT2D eigenvalue weighted by Gasteiger charge is 2.17. The largest absolute Gasteiger partial charge is 0.316 e. The lowest BCUT2D eigenvalue weighted by atomic mass is 10.2. The van der Waals surface area contributed by atoms with E-state index in [1.54, 1.807) is 30.6 Å². The van der Waals surface area contributed by atoms with Crippen LogP contribution in [0.25, 0.3) is 0 Å². The number of carbonyl (C=O) groups excluding carboxylic acids is 1. The zero-order valence-corrected chi connectivity index (χ0v) is 15.9. The van der Waals surface area contributed by atoms with E-state index in [4.69, 9.17) is 0 Å². The minimum Gasteiger partial charge on any atom is -0.316 e. The van der Waals surface area contributed by atoms with Gasteiger partial charge in [-0.15, -0.1) is 11.8 Å². The van der Waals surface area contributed by atoms with Crippen LogP contribution in [0, 0.1) is 13.8 Å². The maximum atomic E-state index is 11.6. The summed E-state index contributed by atoms with van der Waals surface area (Å²) in [7, 11) is 1.78. The summed E-state index contributed by atoms with van der Waals surface area (Å²) in [5.41, 5.74) is 3.84. The molecule has 2 rings (SSSR count). The average Bonchev–Trinajstić information content (AvgIpc) is 2.54. The zero-order chi connectivity index (χ0) is 17.9. The topological polar surface area (TPSA) is 49.3 Å². The van der Waals surface area contributed by atoms with Crippen molar-refractivity contribution in [3.63, 3.8) is 0 Å². The van der Waals surface area contributed by atoms with Gasteiger partial charge in [0, 0.05) is 42.5 Å². The third-order valence-electron chi connectivity index (χ3n) is 3.84. The first kappa shape index (κ1) is 18.3. The van der Waals surface area contributed by atoms with Crippen molar-refractivity contribution in [3.8, 4) is 0 Å². The number of amides is 1. The van der Waals surface area contributed by atoms with Crippen LogP contribution in [0.1, 0.15) is 25.2 Å². The second-order valence-corrected chi connectivity index (χ2v) is 6.48. The van der Waals surface area contributed by atoms with Gasteiger partial charge in [-0.3, -0.25) is 4.79 Å². The number of aryl methyl sites for hydroxylation is 2. The number of thioether (sulfide) groups is 1. The number of benzene rings is 1. The van der Waals surface area contributed by atoms with E-state index in [0.29, 0.717) is 5.95 Å². The van der Waals surface area contributed by atoms with E-state index in [9.17, 15) is 4.79 Å². The molecule has 1 aromatic carbocycles. The Hall–Kier alpha value is -2.08. The third kappa shape index (κ3) is 3.87. The van der Waals surface area contributed by atoms with E-state index in [-0.39, 0.29) is 5.91 Å². The van der Waals surface area contributed by atoms with Gasteiger partial charge in [-0.1, -0.05) is 0 Å². The molecule has 2 aromatic rings. The van der Waals surface area contributed by atoms with E-state index in [1.165, 1.54) is 0 Å². The summed E-state index contributed by atoms with van der Waals surface area (Å²) >= 11 is 1.65. The molecule has 0 saturated heterocycles. The summed E-state index contributed by atoms with van der Waals surface area (Å²) in [5, 5.41) is 0. The molecule has 0 aliphatic carbocycles. The van der Waals surface area contributed by atoms with E-state index < -0.39 is 0 Å². The third-order valence-corrected chi connectivity index (χ3v) is 4.61. The molecule has 0 unspecified atom stereocenters. The Morgan fingerprint density at radius 2 is 1.79 bits per heavy atom. The van der Waals surface area contributed by atoms with E-state index in [0.717, 1.165) is 34.2 Å². The number of hydrogen-bond acceptors (Lipinski definition) is 5. The number of carbonyl (C=O) groups is 1. The van der Waals surface area contributed by atoms with Crippen LogP contribution in [0.4, 0.5) is 17.3 Å². The van der Waals surface area contributed by atoms with Crippen LogP contribution in [0.2, 0.25) is 0 Å². The van der Waals surface area contributed by atoms with Crippen molar-refractivity contribution in [2.45, 2.75) is 32.6 Å². The van der Waals surface area contributed by atoms with Crippen LogP contribution >= 0.6 is 11.8 Å². The van der Waals surface area contributed by atoms with Crippen LogP contribution in [0.5, 0.6) is 0 Å². The number of aromatic nitrogens is 2. The summed E-state index contributed by atoms with van der Waals surface area (Å²) in [4.78, 5) is 25.6. The minimum absolute atomic E-state index is 0.0137. The fourth-order valence-corrected chi connectivity index (χ4v) is 3.15. The van der Waals surface area contributed by atoms with Gasteiger partial charge >= 0.3 is 0 Å². The fraction of sp³-hybridized carbons (Fsp3) is 0.389. The van der Waals surface area contributed by atoms with Crippen molar-refractivity contribution >= 4 is 35.0 Å². The van der Waals surface area contributed by atoms with Crippen molar-refractivity contribution in [2.75, 3.05) is 29.6 Å². The van der Waals surface area contributed by atoms with E-state index in [2.05, 4.69) is 21.8 Å². The highest BCUT2D eigenvalue weighted by Crippen LogP contribution is 2.35. The molecule has 0 spiro atoms. The second kappa shape index (κ2) is 7.66. The number of nitrogens with zero attached hydrogens (tertiary/aromatic N) is 4. The van der Waals surface area contributed by atoms with Gasteiger partial charge in [0.15, 0.2) is 0 Å². The molecule has 0 bridgehead atoms. The van der Waals surface area contributed by atoms with E-state index in [1.807, 2.05) is 44.4 Å². The Morgan fingerprint density at radius 3 is 2.29 bits per heavy atom. The summed E-state index contributed by atoms with van der Waals surface area (Å²) in [6, 6.07) is 8.00. The maximum Gasteiger partial charge on any atom is 0.230 e. The molecule has 5 nitrogen and oxygen atoms in total. The predicted molar refractivity (Wildman–Crippen MR) is 101 cm³/mol. The molecule has 0 aliphatic heterocycles. The molecule has 1 amide bonds. The van der Waals surface area contributed by atoms with Crippen LogP contribution in [0.15, 0.2) is 29.2 Å². The lowest BCUT2D eigenvalue weighted by Crippen LogP contribution is -2.24. The number of anilines is 3. The summed E-state index contributed by atoms with van der Waals surface area (Å²) < 4.78 is 0. The molecular formula is C18H24N4OS. The molecule has 6 heteroatoms. The minimum atomic E-state index is 0.0137. The Labute approximate surface area is 148 Å². The normalized spacial score (nSPS) is 10.6. The summed E-state index contributed by atoms with van der Waals surface area (Å²) in [6.07, 6.45) is 2.03. The second-order valence-electron chi connectivity index (χ2n) is 5.63. The molecule has 0 atom stereocenters. The molecule has 0 radical (unpaired) electrons. The number of rotatable bonds is 5. The molecule has 128 valence electrons. The summed E-state index contributed by atoms with van der Waals surface area (Å²) in [5.74, 6) is 0.720. The lowest BCUT2D eigenvalue weighted by molar-refractivity contribution is -0.116. The molecule has 0 aliphatic rings. The Kier molecular flexibility index (Phi) is 5.83. The highest BCUT2D eigenvalue weighted by atomic mass is 32.2. The standard InChI is InChI=1S/C18H24N4OS/c1-7-22(18-19-12(2)10-13(3)20-18)16-9-8-15(11-17(16)24-6)21(5)14(4)23/h8-11H,7H2,1-6H3.